The predicted molar refractivity (Wildman–Crippen MR) is 112 cm³/mol. The summed E-state index contributed by atoms with van der Waals surface area (Å²) in [6.07, 6.45) is -14.9. The summed E-state index contributed by atoms with van der Waals surface area (Å²) in [5.41, 5.74) is -3.12. The number of aliphatic hydroxyl groups excluding tert-OH is 6. The molecule has 2 aliphatic heterocycles. The smallest absolute Gasteiger partial charge is 0.311 e. The number of hydrogen-bond acceptors (Lipinski definition) is 13. The van der Waals surface area contributed by atoms with Gasteiger partial charge in [0.25, 0.3) is 0 Å². The number of nitrogens with one attached hydrogen (secondary N) is 1. The number of carbonyl (C=O) groups is 1. The fourth-order valence-electron chi connectivity index (χ4n) is 4.10. The summed E-state index contributed by atoms with van der Waals surface area (Å²) in [4.78, 5) is 22.3. The highest BCUT2D eigenvalue weighted by Crippen LogP contribution is 2.35. The molecule has 35 heavy (non-hydrogen) atoms. The average Bonchev–Trinajstić information content (AvgIpc) is 2.82. The molecule has 2 saturated heterocycles. The Balaban J connectivity index is 1.92. The van der Waals surface area contributed by atoms with E-state index in [4.69, 9.17) is 14.2 Å². The van der Waals surface area contributed by atoms with E-state index in [2.05, 4.69) is 5.32 Å². The first-order valence-electron chi connectivity index (χ1n) is 10.6. The van der Waals surface area contributed by atoms with Crippen LogP contribution in [-0.2, 0) is 14.3 Å². The molecule has 0 saturated carbocycles. The van der Waals surface area contributed by atoms with Crippen LogP contribution in [0.5, 0.6) is 5.75 Å². The topological polar surface area (TPSA) is 242 Å². The van der Waals surface area contributed by atoms with Gasteiger partial charge in [-0.3, -0.25) is 14.9 Å². The first-order valence-corrected chi connectivity index (χ1v) is 10.6. The van der Waals surface area contributed by atoms with Crippen LogP contribution in [0.15, 0.2) is 24.3 Å². The van der Waals surface area contributed by atoms with Crippen molar-refractivity contribution >= 4 is 11.6 Å². The molecule has 15 nitrogen and oxygen atoms in total. The van der Waals surface area contributed by atoms with Gasteiger partial charge in [-0.2, -0.15) is 0 Å². The number of hydrogen-bond donors (Lipinski definition) is 8. The predicted octanol–water partition coefficient (Wildman–Crippen LogP) is -3.87. The van der Waals surface area contributed by atoms with E-state index in [-0.39, 0.29) is 5.75 Å². The fraction of sp³-hybridized carbons (Fsp3) is 0.650. The lowest BCUT2D eigenvalue weighted by atomic mass is 9.78. The summed E-state index contributed by atoms with van der Waals surface area (Å²) in [6, 6.07) is 3.65. The molecule has 1 aromatic carbocycles. The second-order valence-corrected chi connectivity index (χ2v) is 8.42. The Hall–Kier alpha value is -2.47. The van der Waals surface area contributed by atoms with E-state index in [0.717, 1.165) is 13.0 Å². The molecular weight excluding hydrogens is 476 g/mol. The number of benzene rings is 1. The van der Waals surface area contributed by atoms with E-state index in [9.17, 15) is 50.7 Å². The molecule has 0 bridgehead atoms. The lowest BCUT2D eigenvalue weighted by molar-refractivity contribution is -0.387. The van der Waals surface area contributed by atoms with E-state index in [1.165, 1.54) is 18.2 Å². The number of ether oxygens (including phenoxy) is 3. The van der Waals surface area contributed by atoms with E-state index in [1.54, 1.807) is 0 Å². The number of nitro benzene ring substituents is 1. The largest absolute Gasteiger partial charge is 0.455 e. The summed E-state index contributed by atoms with van der Waals surface area (Å²) in [5, 5.41) is 86.5. The third kappa shape index (κ3) is 5.23. The molecule has 196 valence electrons. The Morgan fingerprint density at radius 2 is 1.91 bits per heavy atom. The first-order chi connectivity index (χ1) is 16.4. The third-order valence-electron chi connectivity index (χ3n) is 6.06. The SMILES string of the molecule is CC(=O)N[C@@H]1[C@@H](Oc2ccccc2[N+](=O)[O-])O[C@H](C(O)[C@@]2(O)CO[C@H](CO)[C@H](O)[C@@H]2O)[C@H](O)[C@@H]1O. The standard InChI is InChI=1S/C20H28N2O13/c1-8(24)21-12-14(26)15(27)16(18(29)20(30)7-33-11(6-23)13(25)17(20)28)35-19(12)34-10-5-3-2-4-9(10)22(31)32/h2-5,11-19,23,25-30H,6-7H2,1H3,(H,21,24)/t11-,12+,13+,14-,15-,16+,17+,18?,19+,20-/m1/s1. The average molecular weight is 504 g/mol. The Morgan fingerprint density at radius 1 is 1.26 bits per heavy atom. The van der Waals surface area contributed by atoms with Crippen LogP contribution < -0.4 is 10.1 Å². The van der Waals surface area contributed by atoms with Crippen molar-refractivity contribution < 1.29 is 59.7 Å². The van der Waals surface area contributed by atoms with Gasteiger partial charge in [-0.25, -0.2) is 0 Å². The lowest BCUT2D eigenvalue weighted by Gasteiger charge is -2.50. The molecule has 1 unspecified atom stereocenters. The van der Waals surface area contributed by atoms with Crippen LogP contribution >= 0.6 is 0 Å². The van der Waals surface area contributed by atoms with Crippen molar-refractivity contribution in [2.75, 3.05) is 13.2 Å². The van der Waals surface area contributed by atoms with Gasteiger partial charge in [-0.05, 0) is 6.07 Å². The van der Waals surface area contributed by atoms with E-state index in [0.29, 0.717) is 0 Å². The summed E-state index contributed by atoms with van der Waals surface area (Å²) >= 11 is 0. The molecule has 0 spiro atoms. The Bertz CT molecular complexity index is 919. The van der Waals surface area contributed by atoms with E-state index in [1.807, 2.05) is 0 Å². The minimum absolute atomic E-state index is 0.323. The van der Waals surface area contributed by atoms with Gasteiger partial charge < -0.3 is 55.3 Å². The highest BCUT2D eigenvalue weighted by atomic mass is 16.7. The van der Waals surface area contributed by atoms with Gasteiger partial charge in [0.15, 0.2) is 5.75 Å². The molecule has 15 heteroatoms. The highest BCUT2D eigenvalue weighted by molar-refractivity contribution is 5.73. The van der Waals surface area contributed by atoms with Gasteiger partial charge in [0, 0.05) is 13.0 Å². The normalized spacial score (nSPS) is 38.4. The second kappa shape index (κ2) is 10.7. The summed E-state index contributed by atoms with van der Waals surface area (Å²) in [7, 11) is 0. The maximum Gasteiger partial charge on any atom is 0.311 e. The lowest BCUT2D eigenvalue weighted by Crippen LogP contribution is -2.73. The number of amides is 1. The number of para-hydroxylation sites is 2. The van der Waals surface area contributed by atoms with Crippen molar-refractivity contribution in [3.05, 3.63) is 34.4 Å². The quantitative estimate of drug-likeness (QED) is 0.131. The molecule has 8 N–H and O–H groups in total. The number of rotatable bonds is 7. The maximum absolute atomic E-state index is 11.7. The number of carbonyl (C=O) groups excluding carboxylic acids is 1. The van der Waals surface area contributed by atoms with Crippen molar-refractivity contribution in [2.45, 2.75) is 67.6 Å². The first kappa shape index (κ1) is 27.1. The second-order valence-electron chi connectivity index (χ2n) is 8.42. The number of nitro groups is 1. The van der Waals surface area contributed by atoms with Crippen LogP contribution in [0.3, 0.4) is 0 Å². The van der Waals surface area contributed by atoms with Crippen molar-refractivity contribution in [2.24, 2.45) is 0 Å². The van der Waals surface area contributed by atoms with Crippen molar-refractivity contribution in [1.29, 1.82) is 0 Å². The molecule has 2 aliphatic rings. The molecule has 3 rings (SSSR count). The number of nitrogens with zero attached hydrogens (tertiary/aromatic N) is 1. The van der Waals surface area contributed by atoms with Gasteiger partial charge in [0.2, 0.25) is 12.2 Å². The zero-order valence-corrected chi connectivity index (χ0v) is 18.4. The minimum atomic E-state index is -2.64. The third-order valence-corrected chi connectivity index (χ3v) is 6.06. The Labute approximate surface area is 198 Å². The monoisotopic (exact) mass is 504 g/mol. The molecular formula is C20H28N2O13. The van der Waals surface area contributed by atoms with Crippen LogP contribution in [0.4, 0.5) is 5.69 Å². The summed E-state index contributed by atoms with van der Waals surface area (Å²) in [6.45, 7) is -0.402. The molecule has 0 aromatic heterocycles. The van der Waals surface area contributed by atoms with Gasteiger partial charge in [-0.15, -0.1) is 0 Å². The zero-order chi connectivity index (χ0) is 26.1. The molecule has 0 aliphatic carbocycles. The molecule has 2 fully saturated rings. The van der Waals surface area contributed by atoms with Crippen LogP contribution in [0.2, 0.25) is 0 Å². The minimum Gasteiger partial charge on any atom is -0.455 e. The maximum atomic E-state index is 11.7. The molecule has 2 heterocycles. The zero-order valence-electron chi connectivity index (χ0n) is 18.4. The summed E-state index contributed by atoms with van der Waals surface area (Å²) < 4.78 is 16.2. The Morgan fingerprint density at radius 3 is 2.51 bits per heavy atom. The van der Waals surface area contributed by atoms with Crippen molar-refractivity contribution in [3.63, 3.8) is 0 Å². The molecule has 1 aromatic rings. The van der Waals surface area contributed by atoms with E-state index >= 15 is 0 Å². The highest BCUT2D eigenvalue weighted by Gasteiger charge is 2.59. The van der Waals surface area contributed by atoms with Crippen molar-refractivity contribution in [1.82, 2.24) is 5.32 Å². The summed E-state index contributed by atoms with van der Waals surface area (Å²) in [5.74, 6) is -0.997. The number of aliphatic hydroxyl groups is 7. The molecule has 0 radical (unpaired) electrons. The van der Waals surface area contributed by atoms with Crippen LogP contribution in [0.1, 0.15) is 6.92 Å². The van der Waals surface area contributed by atoms with E-state index < -0.39 is 90.4 Å². The van der Waals surface area contributed by atoms with Crippen molar-refractivity contribution in [3.8, 4) is 5.75 Å². The Kier molecular flexibility index (Phi) is 8.25. The molecule has 10 atom stereocenters. The van der Waals surface area contributed by atoms with Crippen LogP contribution in [0.25, 0.3) is 0 Å². The van der Waals surface area contributed by atoms with Crippen LogP contribution in [0, 0.1) is 10.1 Å². The van der Waals surface area contributed by atoms with Gasteiger partial charge in [-0.1, -0.05) is 12.1 Å². The molecule has 1 amide bonds. The fourth-order valence-corrected chi connectivity index (χ4v) is 4.10. The van der Waals surface area contributed by atoms with Gasteiger partial charge in [0.1, 0.15) is 54.4 Å². The van der Waals surface area contributed by atoms with Gasteiger partial charge in [0.05, 0.1) is 18.1 Å². The van der Waals surface area contributed by atoms with Crippen LogP contribution in [-0.4, -0.2) is 120 Å². The van der Waals surface area contributed by atoms with Gasteiger partial charge >= 0.3 is 5.69 Å².